The lowest BCUT2D eigenvalue weighted by atomic mass is 10.0. The van der Waals surface area contributed by atoms with Crippen molar-refractivity contribution in [1.82, 2.24) is 5.32 Å². The second-order valence-corrected chi connectivity index (χ2v) is 8.16. The van der Waals surface area contributed by atoms with Crippen LogP contribution in [0.5, 0.6) is 5.75 Å². The number of ether oxygens (including phenoxy) is 1. The summed E-state index contributed by atoms with van der Waals surface area (Å²) < 4.78 is 28.6. The molecular formula is C20H25NO4S. The van der Waals surface area contributed by atoms with Gasteiger partial charge in [-0.2, -0.15) is 0 Å². The van der Waals surface area contributed by atoms with E-state index in [1.165, 1.54) is 6.26 Å². The normalized spacial score (nSPS) is 12.4. The number of carbonyl (C=O) groups is 1. The standard InChI is InChI=1S/C20H25NO4S/c1-4-14-25-17-10-6-16(7-11-17)20(22)21-19(5-2)15-8-12-18(13-9-15)26(3,23)24/h6-13,19H,4-5,14H2,1-3H3,(H,21,22). The molecule has 6 heteroatoms. The number of hydrogen-bond donors (Lipinski definition) is 1. The summed E-state index contributed by atoms with van der Waals surface area (Å²) in [6.07, 6.45) is 2.80. The zero-order chi connectivity index (χ0) is 19.2. The summed E-state index contributed by atoms with van der Waals surface area (Å²) in [5.41, 5.74) is 1.43. The molecule has 26 heavy (non-hydrogen) atoms. The molecule has 1 amide bonds. The van der Waals surface area contributed by atoms with Gasteiger partial charge < -0.3 is 10.1 Å². The molecule has 0 saturated heterocycles. The van der Waals surface area contributed by atoms with Crippen LogP contribution in [0.2, 0.25) is 0 Å². The SMILES string of the molecule is CCCOc1ccc(C(=O)NC(CC)c2ccc(S(C)(=O)=O)cc2)cc1. The fourth-order valence-electron chi connectivity index (χ4n) is 2.53. The van der Waals surface area contributed by atoms with Gasteiger partial charge in [0, 0.05) is 11.8 Å². The molecule has 0 aliphatic rings. The van der Waals surface area contributed by atoms with Crippen molar-refractivity contribution in [2.45, 2.75) is 37.6 Å². The minimum atomic E-state index is -3.23. The van der Waals surface area contributed by atoms with E-state index >= 15 is 0 Å². The van der Waals surface area contributed by atoms with Gasteiger partial charge in [-0.15, -0.1) is 0 Å². The highest BCUT2D eigenvalue weighted by molar-refractivity contribution is 7.90. The Balaban J connectivity index is 2.08. The van der Waals surface area contributed by atoms with Crippen LogP contribution in [-0.4, -0.2) is 27.2 Å². The molecule has 0 bridgehead atoms. The van der Waals surface area contributed by atoms with Gasteiger partial charge in [-0.25, -0.2) is 8.42 Å². The zero-order valence-corrected chi connectivity index (χ0v) is 16.2. The second kappa shape index (κ2) is 8.85. The Labute approximate surface area is 155 Å². The van der Waals surface area contributed by atoms with Gasteiger partial charge in [0.1, 0.15) is 5.75 Å². The molecule has 0 spiro atoms. The summed E-state index contributed by atoms with van der Waals surface area (Å²) in [5, 5.41) is 2.99. The van der Waals surface area contributed by atoms with Crippen molar-refractivity contribution in [2.75, 3.05) is 12.9 Å². The topological polar surface area (TPSA) is 72.5 Å². The number of amides is 1. The zero-order valence-electron chi connectivity index (χ0n) is 15.4. The molecule has 1 atom stereocenters. The van der Waals surface area contributed by atoms with Gasteiger partial charge in [0.2, 0.25) is 0 Å². The molecule has 0 heterocycles. The lowest BCUT2D eigenvalue weighted by Gasteiger charge is -2.18. The molecule has 0 saturated carbocycles. The van der Waals surface area contributed by atoms with Gasteiger partial charge >= 0.3 is 0 Å². The van der Waals surface area contributed by atoms with Crippen molar-refractivity contribution in [2.24, 2.45) is 0 Å². The highest BCUT2D eigenvalue weighted by atomic mass is 32.2. The molecule has 1 N–H and O–H groups in total. The van der Waals surface area contributed by atoms with Crippen molar-refractivity contribution in [3.63, 3.8) is 0 Å². The maximum Gasteiger partial charge on any atom is 0.251 e. The van der Waals surface area contributed by atoms with Crippen LogP contribution in [-0.2, 0) is 9.84 Å². The second-order valence-electron chi connectivity index (χ2n) is 6.15. The van der Waals surface area contributed by atoms with Gasteiger partial charge in [-0.05, 0) is 54.8 Å². The first-order valence-corrected chi connectivity index (χ1v) is 10.6. The summed E-state index contributed by atoms with van der Waals surface area (Å²) in [5.74, 6) is 0.567. The number of carbonyl (C=O) groups excluding carboxylic acids is 1. The molecule has 0 radical (unpaired) electrons. The lowest BCUT2D eigenvalue weighted by Crippen LogP contribution is -2.28. The number of sulfone groups is 1. The van der Waals surface area contributed by atoms with Crippen LogP contribution < -0.4 is 10.1 Å². The summed E-state index contributed by atoms with van der Waals surface area (Å²) >= 11 is 0. The van der Waals surface area contributed by atoms with E-state index < -0.39 is 9.84 Å². The first-order chi connectivity index (χ1) is 12.3. The summed E-state index contributed by atoms with van der Waals surface area (Å²) in [7, 11) is -3.23. The fraction of sp³-hybridized carbons (Fsp3) is 0.350. The van der Waals surface area contributed by atoms with Crippen molar-refractivity contribution >= 4 is 15.7 Å². The molecule has 2 aromatic rings. The Morgan fingerprint density at radius 2 is 1.65 bits per heavy atom. The van der Waals surface area contributed by atoms with Gasteiger partial charge in [0.05, 0.1) is 17.5 Å². The van der Waals surface area contributed by atoms with E-state index in [4.69, 9.17) is 4.74 Å². The van der Waals surface area contributed by atoms with Crippen molar-refractivity contribution in [3.8, 4) is 5.75 Å². The van der Waals surface area contributed by atoms with Crippen LogP contribution in [0.15, 0.2) is 53.4 Å². The van der Waals surface area contributed by atoms with Crippen molar-refractivity contribution < 1.29 is 17.9 Å². The summed E-state index contributed by atoms with van der Waals surface area (Å²) in [6, 6.07) is 13.5. The molecule has 0 aliphatic heterocycles. The quantitative estimate of drug-likeness (QED) is 0.762. The first kappa shape index (κ1) is 20.0. The number of benzene rings is 2. The predicted octanol–water partition coefficient (Wildman–Crippen LogP) is 3.76. The maximum atomic E-state index is 12.5. The van der Waals surface area contributed by atoms with E-state index in [1.54, 1.807) is 48.5 Å². The highest BCUT2D eigenvalue weighted by Gasteiger charge is 2.15. The Morgan fingerprint density at radius 1 is 1.04 bits per heavy atom. The van der Waals surface area contributed by atoms with Crippen LogP contribution in [0.1, 0.15) is 48.7 Å². The van der Waals surface area contributed by atoms with Gasteiger partial charge in [0.25, 0.3) is 5.91 Å². The van der Waals surface area contributed by atoms with E-state index in [0.29, 0.717) is 18.6 Å². The van der Waals surface area contributed by atoms with Crippen molar-refractivity contribution in [1.29, 1.82) is 0 Å². The van der Waals surface area contributed by atoms with Gasteiger partial charge in [-0.3, -0.25) is 4.79 Å². The van der Waals surface area contributed by atoms with Crippen LogP contribution >= 0.6 is 0 Å². The van der Waals surface area contributed by atoms with Crippen LogP contribution in [0.25, 0.3) is 0 Å². The largest absolute Gasteiger partial charge is 0.494 e. The smallest absolute Gasteiger partial charge is 0.251 e. The molecule has 0 aliphatic carbocycles. The Bertz CT molecular complexity index is 827. The predicted molar refractivity (Wildman–Crippen MR) is 102 cm³/mol. The number of rotatable bonds is 8. The van der Waals surface area contributed by atoms with E-state index in [0.717, 1.165) is 17.7 Å². The van der Waals surface area contributed by atoms with Gasteiger partial charge in [0.15, 0.2) is 9.84 Å². The van der Waals surface area contributed by atoms with Gasteiger partial charge in [-0.1, -0.05) is 26.0 Å². The molecule has 2 rings (SSSR count). The average Bonchev–Trinajstić information content (AvgIpc) is 2.64. The lowest BCUT2D eigenvalue weighted by molar-refractivity contribution is 0.0935. The number of hydrogen-bond acceptors (Lipinski definition) is 4. The number of nitrogens with one attached hydrogen (secondary N) is 1. The third-order valence-electron chi connectivity index (χ3n) is 4.01. The Kier molecular flexibility index (Phi) is 6.80. The Morgan fingerprint density at radius 3 is 2.15 bits per heavy atom. The van der Waals surface area contributed by atoms with E-state index in [9.17, 15) is 13.2 Å². The van der Waals surface area contributed by atoms with Crippen LogP contribution in [0, 0.1) is 0 Å². The third kappa shape index (κ3) is 5.33. The molecular weight excluding hydrogens is 350 g/mol. The molecule has 140 valence electrons. The fourth-order valence-corrected chi connectivity index (χ4v) is 3.16. The maximum absolute atomic E-state index is 12.5. The molecule has 0 fully saturated rings. The molecule has 1 unspecified atom stereocenters. The minimum Gasteiger partial charge on any atom is -0.494 e. The minimum absolute atomic E-state index is 0.175. The van der Waals surface area contributed by atoms with E-state index in [-0.39, 0.29) is 16.8 Å². The summed E-state index contributed by atoms with van der Waals surface area (Å²) in [4.78, 5) is 12.8. The average molecular weight is 375 g/mol. The van der Waals surface area contributed by atoms with E-state index in [2.05, 4.69) is 5.32 Å². The third-order valence-corrected chi connectivity index (χ3v) is 5.14. The molecule has 2 aromatic carbocycles. The Hall–Kier alpha value is -2.34. The highest BCUT2D eigenvalue weighted by Crippen LogP contribution is 2.20. The van der Waals surface area contributed by atoms with E-state index in [1.807, 2.05) is 13.8 Å². The molecule has 5 nitrogen and oxygen atoms in total. The van der Waals surface area contributed by atoms with Crippen LogP contribution in [0.4, 0.5) is 0 Å². The van der Waals surface area contributed by atoms with Crippen LogP contribution in [0.3, 0.4) is 0 Å². The van der Waals surface area contributed by atoms with Crippen molar-refractivity contribution in [3.05, 3.63) is 59.7 Å². The first-order valence-electron chi connectivity index (χ1n) is 8.69. The monoisotopic (exact) mass is 375 g/mol. The molecule has 0 aromatic heterocycles. The summed E-state index contributed by atoms with van der Waals surface area (Å²) in [6.45, 7) is 4.65.